The van der Waals surface area contributed by atoms with E-state index in [1.165, 1.54) is 0 Å². The Labute approximate surface area is 132 Å². The Balaban J connectivity index is 1.94. The summed E-state index contributed by atoms with van der Waals surface area (Å²) in [7, 11) is 0. The quantitative estimate of drug-likeness (QED) is 0.600. The molecule has 3 nitrogen and oxygen atoms in total. The first-order valence-electron chi connectivity index (χ1n) is 7.36. The van der Waals surface area contributed by atoms with Gasteiger partial charge < -0.3 is 0 Å². The normalized spacial score (nSPS) is 34.0. The van der Waals surface area contributed by atoms with Crippen LogP contribution in [-0.2, 0) is 14.5 Å². The number of carbonyl (C=O) groups is 2. The summed E-state index contributed by atoms with van der Waals surface area (Å²) in [6, 6.07) is 15.8. The minimum atomic E-state index is -0.956. The van der Waals surface area contributed by atoms with Crippen LogP contribution in [0, 0.1) is 11.8 Å². The third-order valence-corrected chi connectivity index (χ3v) is 6.00. The number of hydrogen-bond donors (Lipinski definition) is 1. The average Bonchev–Trinajstić information content (AvgIpc) is 2.84. The third-order valence-electron chi connectivity index (χ3n) is 5.35. The molecule has 6 rings (SSSR count). The summed E-state index contributed by atoms with van der Waals surface area (Å²) in [4.78, 5) is 23.8. The zero-order valence-electron chi connectivity index (χ0n) is 11.5. The molecular formula is C18H12ClNO2. The lowest BCUT2D eigenvalue weighted by molar-refractivity contribution is -0.126. The maximum Gasteiger partial charge on any atom is 0.233 e. The lowest BCUT2D eigenvalue weighted by atomic mass is 9.54. The van der Waals surface area contributed by atoms with E-state index in [1.54, 1.807) is 0 Å². The van der Waals surface area contributed by atoms with Gasteiger partial charge in [-0.2, -0.15) is 0 Å². The molecule has 2 aromatic rings. The molecule has 1 fully saturated rings. The fourth-order valence-corrected chi connectivity index (χ4v) is 5.18. The zero-order valence-corrected chi connectivity index (χ0v) is 12.3. The van der Waals surface area contributed by atoms with Crippen molar-refractivity contribution in [2.24, 2.45) is 11.8 Å². The number of carbonyl (C=O) groups excluding carboxylic acids is 2. The second kappa shape index (κ2) is 3.79. The van der Waals surface area contributed by atoms with Crippen LogP contribution in [0.15, 0.2) is 48.5 Å². The molecule has 2 amide bonds. The number of alkyl halides is 1. The highest BCUT2D eigenvalue weighted by molar-refractivity contribution is 6.30. The van der Waals surface area contributed by atoms with E-state index in [-0.39, 0.29) is 17.7 Å². The summed E-state index contributed by atoms with van der Waals surface area (Å²) < 4.78 is 0. The van der Waals surface area contributed by atoms with E-state index < -0.39 is 16.7 Å². The smallest absolute Gasteiger partial charge is 0.233 e. The zero-order chi connectivity index (χ0) is 15.1. The van der Waals surface area contributed by atoms with Gasteiger partial charge in [-0.15, -0.1) is 11.6 Å². The van der Waals surface area contributed by atoms with Crippen LogP contribution in [0.3, 0.4) is 0 Å². The van der Waals surface area contributed by atoms with Crippen LogP contribution in [0.25, 0.3) is 0 Å². The second-order valence-electron chi connectivity index (χ2n) is 6.22. The predicted octanol–water partition coefficient (Wildman–Crippen LogP) is 2.52. The van der Waals surface area contributed by atoms with Gasteiger partial charge in [0.25, 0.3) is 0 Å². The summed E-state index contributed by atoms with van der Waals surface area (Å²) in [5, 5.41) is 2.49. The van der Waals surface area contributed by atoms with Gasteiger partial charge in [0.2, 0.25) is 11.8 Å². The highest BCUT2D eigenvalue weighted by Crippen LogP contribution is 2.64. The first-order chi connectivity index (χ1) is 10.6. The molecule has 0 aromatic heterocycles. The van der Waals surface area contributed by atoms with E-state index in [2.05, 4.69) is 5.32 Å². The van der Waals surface area contributed by atoms with Crippen molar-refractivity contribution in [1.29, 1.82) is 0 Å². The van der Waals surface area contributed by atoms with Gasteiger partial charge in [-0.3, -0.25) is 14.9 Å². The molecule has 0 unspecified atom stereocenters. The molecule has 1 heterocycles. The first-order valence-corrected chi connectivity index (χ1v) is 7.74. The molecule has 0 spiro atoms. The minimum Gasteiger partial charge on any atom is -0.296 e. The van der Waals surface area contributed by atoms with Crippen LogP contribution < -0.4 is 5.32 Å². The minimum absolute atomic E-state index is 0.0931. The van der Waals surface area contributed by atoms with Crippen molar-refractivity contribution in [1.82, 2.24) is 5.32 Å². The number of nitrogens with one attached hydrogen (secondary N) is 1. The summed E-state index contributed by atoms with van der Waals surface area (Å²) in [6.07, 6.45) is 0. The Bertz CT molecular complexity index is 812. The molecule has 3 aliphatic carbocycles. The van der Waals surface area contributed by atoms with Gasteiger partial charge in [0, 0.05) is 5.92 Å². The van der Waals surface area contributed by atoms with Crippen LogP contribution in [0.2, 0.25) is 0 Å². The largest absolute Gasteiger partial charge is 0.296 e. The Morgan fingerprint density at radius 3 is 2.00 bits per heavy atom. The first kappa shape index (κ1) is 12.4. The molecule has 1 saturated heterocycles. The van der Waals surface area contributed by atoms with Crippen LogP contribution in [0.1, 0.15) is 28.2 Å². The van der Waals surface area contributed by atoms with Gasteiger partial charge in [-0.1, -0.05) is 48.5 Å². The SMILES string of the molecule is O=C1NC(=O)[C@@H]2[C@H]1C1c3ccccc3C2(Cl)c2ccccc21. The maximum atomic E-state index is 12.4. The number of imide groups is 1. The summed E-state index contributed by atoms with van der Waals surface area (Å²) in [5.41, 5.74) is 4.07. The lowest BCUT2D eigenvalue weighted by Gasteiger charge is -2.50. The van der Waals surface area contributed by atoms with Crippen molar-refractivity contribution in [2.75, 3.05) is 0 Å². The van der Waals surface area contributed by atoms with E-state index in [0.717, 1.165) is 22.3 Å². The number of rotatable bonds is 0. The van der Waals surface area contributed by atoms with Crippen molar-refractivity contribution in [2.45, 2.75) is 10.8 Å². The van der Waals surface area contributed by atoms with Crippen molar-refractivity contribution < 1.29 is 9.59 Å². The molecular weight excluding hydrogens is 298 g/mol. The molecule has 4 aliphatic rings. The lowest BCUT2D eigenvalue weighted by Crippen LogP contribution is -2.50. The Hall–Kier alpha value is -2.13. The van der Waals surface area contributed by atoms with Gasteiger partial charge in [-0.25, -0.2) is 0 Å². The Morgan fingerprint density at radius 2 is 1.41 bits per heavy atom. The monoisotopic (exact) mass is 309 g/mol. The number of benzene rings is 2. The predicted molar refractivity (Wildman–Crippen MR) is 81.5 cm³/mol. The number of amides is 2. The number of halogens is 1. The fourth-order valence-electron chi connectivity index (χ4n) is 4.60. The van der Waals surface area contributed by atoms with Gasteiger partial charge in [0.15, 0.2) is 0 Å². The Morgan fingerprint density at radius 1 is 0.864 bits per heavy atom. The summed E-state index contributed by atoms with van der Waals surface area (Å²) in [6.45, 7) is 0. The van der Waals surface area contributed by atoms with Crippen LogP contribution in [0.5, 0.6) is 0 Å². The third kappa shape index (κ3) is 1.17. The molecule has 22 heavy (non-hydrogen) atoms. The van der Waals surface area contributed by atoms with Gasteiger partial charge in [0.05, 0.1) is 11.8 Å². The highest BCUT2D eigenvalue weighted by Gasteiger charge is 2.65. The molecule has 0 saturated carbocycles. The van der Waals surface area contributed by atoms with Crippen molar-refractivity contribution in [3.05, 3.63) is 70.8 Å². The van der Waals surface area contributed by atoms with Gasteiger partial charge in [-0.05, 0) is 22.3 Å². The van der Waals surface area contributed by atoms with E-state index in [0.29, 0.717) is 0 Å². The standard InChI is InChI=1S/C18H12ClNO2/c19-18-11-7-3-1-5-9(11)13(10-6-2-4-8-12(10)18)14-15(18)17(22)20-16(14)21/h1-8,13-15H,(H,20,21,22)/t13?,14-,15+,18?/m1/s1. The van der Waals surface area contributed by atoms with E-state index >= 15 is 0 Å². The van der Waals surface area contributed by atoms with Crippen molar-refractivity contribution in [3.8, 4) is 0 Å². The summed E-state index contributed by atoms with van der Waals surface area (Å²) in [5.74, 6) is -1.48. The van der Waals surface area contributed by atoms with Crippen molar-refractivity contribution in [3.63, 3.8) is 0 Å². The van der Waals surface area contributed by atoms with E-state index in [9.17, 15) is 9.59 Å². The molecule has 0 radical (unpaired) electrons. The molecule has 1 N–H and O–H groups in total. The van der Waals surface area contributed by atoms with Crippen LogP contribution >= 0.6 is 11.6 Å². The molecule has 4 heteroatoms. The van der Waals surface area contributed by atoms with E-state index in [1.807, 2.05) is 48.5 Å². The topological polar surface area (TPSA) is 46.2 Å². The number of hydrogen-bond acceptors (Lipinski definition) is 2. The molecule has 2 bridgehead atoms. The summed E-state index contributed by atoms with van der Waals surface area (Å²) >= 11 is 7.11. The van der Waals surface area contributed by atoms with Gasteiger partial charge >= 0.3 is 0 Å². The molecule has 2 atom stereocenters. The van der Waals surface area contributed by atoms with Crippen LogP contribution in [0.4, 0.5) is 0 Å². The Kier molecular flexibility index (Phi) is 2.14. The maximum absolute atomic E-state index is 12.4. The van der Waals surface area contributed by atoms with E-state index in [4.69, 9.17) is 11.6 Å². The second-order valence-corrected chi connectivity index (χ2v) is 6.82. The van der Waals surface area contributed by atoms with Gasteiger partial charge in [0.1, 0.15) is 4.87 Å². The molecule has 2 aromatic carbocycles. The fraction of sp³-hybridized carbons (Fsp3) is 0.222. The molecule has 108 valence electrons. The molecule has 1 aliphatic heterocycles. The average molecular weight is 310 g/mol. The van der Waals surface area contributed by atoms with Crippen molar-refractivity contribution >= 4 is 23.4 Å². The highest BCUT2D eigenvalue weighted by atomic mass is 35.5. The van der Waals surface area contributed by atoms with Crippen LogP contribution in [-0.4, -0.2) is 11.8 Å².